The van der Waals surface area contributed by atoms with Gasteiger partial charge < -0.3 is 19.6 Å². The third-order valence-electron chi connectivity index (χ3n) is 2.95. The molecule has 1 aliphatic rings. The van der Waals surface area contributed by atoms with Gasteiger partial charge in [0.05, 0.1) is 10.9 Å². The second-order valence-corrected chi connectivity index (χ2v) is 6.11. The average molecular weight is 330 g/mol. The second kappa shape index (κ2) is 5.78. The number of thioether (sulfide) groups is 1. The van der Waals surface area contributed by atoms with Crippen LogP contribution in [0.1, 0.15) is 16.1 Å². The van der Waals surface area contributed by atoms with E-state index < -0.39 is 5.97 Å². The van der Waals surface area contributed by atoms with Crippen LogP contribution in [0.4, 0.5) is 0 Å². The molecule has 0 saturated carbocycles. The summed E-state index contributed by atoms with van der Waals surface area (Å²) >= 11 is 6.05. The summed E-state index contributed by atoms with van der Waals surface area (Å²) in [7, 11) is 0. The molecule has 0 radical (unpaired) electrons. The highest BCUT2D eigenvalue weighted by atomic mass is 32.2. The molecule has 1 aliphatic heterocycles. The van der Waals surface area contributed by atoms with Gasteiger partial charge in [0.1, 0.15) is 15.8 Å². The molecule has 3 rings (SSSR count). The zero-order chi connectivity index (χ0) is 15.7. The number of carboxylic acids is 1. The van der Waals surface area contributed by atoms with Crippen LogP contribution in [0.5, 0.6) is 0 Å². The molecule has 7 heteroatoms. The molecule has 0 atom stereocenters. The van der Waals surface area contributed by atoms with Gasteiger partial charge in [0.2, 0.25) is 0 Å². The van der Waals surface area contributed by atoms with Gasteiger partial charge in [0.15, 0.2) is 0 Å². The highest BCUT2D eigenvalue weighted by molar-refractivity contribution is 8.26. The van der Waals surface area contributed by atoms with Gasteiger partial charge in [-0.1, -0.05) is 48.2 Å². The van der Waals surface area contributed by atoms with Crippen LogP contribution < -0.4 is 10.4 Å². The van der Waals surface area contributed by atoms with Crippen LogP contribution >= 0.6 is 24.0 Å². The summed E-state index contributed by atoms with van der Waals surface area (Å²) in [5.74, 6) is -0.728. The van der Waals surface area contributed by atoms with Gasteiger partial charge in [-0.25, -0.2) is 0 Å². The lowest BCUT2D eigenvalue weighted by molar-refractivity contribution is -0.254. The summed E-state index contributed by atoms with van der Waals surface area (Å²) in [6.07, 6.45) is 1.56. The fourth-order valence-electron chi connectivity index (χ4n) is 2.00. The first-order chi connectivity index (χ1) is 10.5. The molecule has 5 nitrogen and oxygen atoms in total. The average Bonchev–Trinajstić information content (AvgIpc) is 3.06. The van der Waals surface area contributed by atoms with E-state index in [0.717, 1.165) is 11.8 Å². The zero-order valence-electron chi connectivity index (χ0n) is 11.0. The second-order valence-electron chi connectivity index (χ2n) is 4.39. The molecule has 0 bridgehead atoms. The lowest BCUT2D eigenvalue weighted by Gasteiger charge is -2.07. The third kappa shape index (κ3) is 2.81. The maximum Gasteiger partial charge on any atom is 0.263 e. The summed E-state index contributed by atoms with van der Waals surface area (Å²) < 4.78 is 6.00. The van der Waals surface area contributed by atoms with Crippen molar-refractivity contribution in [2.24, 2.45) is 0 Å². The van der Waals surface area contributed by atoms with Crippen LogP contribution in [0, 0.1) is 0 Å². The molecule has 1 amide bonds. The smallest absolute Gasteiger partial charge is 0.263 e. The van der Waals surface area contributed by atoms with Crippen molar-refractivity contribution in [3.8, 4) is 11.3 Å². The van der Waals surface area contributed by atoms with Gasteiger partial charge >= 0.3 is 0 Å². The van der Waals surface area contributed by atoms with Crippen molar-refractivity contribution < 1.29 is 19.1 Å². The number of benzene rings is 1. The number of hydrogen-bond donors (Lipinski definition) is 1. The van der Waals surface area contributed by atoms with Gasteiger partial charge in [-0.15, -0.1) is 0 Å². The molecule has 0 aliphatic carbocycles. The van der Waals surface area contributed by atoms with Crippen molar-refractivity contribution in [2.45, 2.75) is 0 Å². The number of carboxylic acid groups (broad SMARTS) is 1. The Labute approximate surface area is 135 Å². The van der Waals surface area contributed by atoms with Crippen LogP contribution in [0.2, 0.25) is 0 Å². The first kappa shape index (κ1) is 14.6. The molecule has 110 valence electrons. The minimum Gasteiger partial charge on any atom is -0.545 e. The van der Waals surface area contributed by atoms with Gasteiger partial charge in [0.25, 0.3) is 5.91 Å². The normalized spacial score (nSPS) is 16.1. The largest absolute Gasteiger partial charge is 0.545 e. The minimum absolute atomic E-state index is 0.0465. The fraction of sp³-hybridized carbons (Fsp3) is 0. The maximum atomic E-state index is 11.6. The Morgan fingerprint density at radius 3 is 2.73 bits per heavy atom. The van der Waals surface area contributed by atoms with Crippen LogP contribution in [0.3, 0.4) is 0 Å². The van der Waals surface area contributed by atoms with E-state index in [9.17, 15) is 14.7 Å². The molecule has 1 aromatic heterocycles. The van der Waals surface area contributed by atoms with E-state index in [1.807, 2.05) is 0 Å². The van der Waals surface area contributed by atoms with Gasteiger partial charge in [-0.05, 0) is 12.1 Å². The highest BCUT2D eigenvalue weighted by Crippen LogP contribution is 2.29. The number of nitrogens with one attached hydrogen (secondary N) is 1. The molecular weight excluding hydrogens is 322 g/mol. The maximum absolute atomic E-state index is 11.6. The number of aromatic carboxylic acids is 1. The Morgan fingerprint density at radius 2 is 2.05 bits per heavy atom. The van der Waals surface area contributed by atoms with Gasteiger partial charge in [-0.3, -0.25) is 4.79 Å². The standard InChI is InChI=1S/C15H9NO4S2/c17-13-12(22-15(21)16-13)7-8-5-6-11(20-8)9-3-1-2-4-10(9)14(18)19/h1-7H,(H,18,19)(H,16,17,21)/p-1/b12-7-. The zero-order valence-corrected chi connectivity index (χ0v) is 12.6. The quantitative estimate of drug-likeness (QED) is 0.682. The number of hydrogen-bond acceptors (Lipinski definition) is 6. The number of thiocarbonyl (C=S) groups is 1. The Kier molecular flexibility index (Phi) is 3.82. The van der Waals surface area contributed by atoms with E-state index in [0.29, 0.717) is 26.3 Å². The van der Waals surface area contributed by atoms with E-state index in [2.05, 4.69) is 5.32 Å². The Balaban J connectivity index is 1.95. The molecule has 1 aromatic carbocycles. The van der Waals surface area contributed by atoms with Gasteiger partial charge in [0, 0.05) is 17.2 Å². The van der Waals surface area contributed by atoms with Crippen molar-refractivity contribution in [3.63, 3.8) is 0 Å². The summed E-state index contributed by atoms with van der Waals surface area (Å²) in [5.41, 5.74) is 0.469. The summed E-state index contributed by atoms with van der Waals surface area (Å²) in [6, 6.07) is 9.70. The van der Waals surface area contributed by atoms with Crippen molar-refractivity contribution >= 4 is 46.3 Å². The van der Waals surface area contributed by atoms with E-state index in [-0.39, 0.29) is 11.5 Å². The van der Waals surface area contributed by atoms with Crippen LogP contribution in [-0.4, -0.2) is 16.2 Å². The topological polar surface area (TPSA) is 82.4 Å². The van der Waals surface area contributed by atoms with Crippen LogP contribution in [0.25, 0.3) is 17.4 Å². The summed E-state index contributed by atoms with van der Waals surface area (Å²) in [4.78, 5) is 23.1. The SMILES string of the molecule is O=C1NC(=S)S/C1=C\c1ccc(-c2ccccc2C(=O)[O-])o1. The van der Waals surface area contributed by atoms with E-state index >= 15 is 0 Å². The number of carbonyl (C=O) groups is 2. The number of carbonyl (C=O) groups excluding carboxylic acids is 2. The number of furan rings is 1. The van der Waals surface area contributed by atoms with Crippen molar-refractivity contribution in [3.05, 3.63) is 52.6 Å². The Hall–Kier alpha value is -2.38. The van der Waals surface area contributed by atoms with E-state index in [4.69, 9.17) is 16.6 Å². The third-order valence-corrected chi connectivity index (χ3v) is 4.12. The molecule has 2 aromatic rings. The van der Waals surface area contributed by atoms with E-state index in [1.54, 1.807) is 36.4 Å². The molecule has 1 N–H and O–H groups in total. The lowest BCUT2D eigenvalue weighted by Crippen LogP contribution is -2.22. The molecule has 22 heavy (non-hydrogen) atoms. The van der Waals surface area contributed by atoms with Crippen molar-refractivity contribution in [2.75, 3.05) is 0 Å². The van der Waals surface area contributed by atoms with Crippen molar-refractivity contribution in [1.82, 2.24) is 5.32 Å². The first-order valence-corrected chi connectivity index (χ1v) is 7.42. The molecule has 0 spiro atoms. The Bertz CT molecular complexity index is 822. The summed E-state index contributed by atoms with van der Waals surface area (Å²) in [5, 5.41) is 13.6. The first-order valence-electron chi connectivity index (χ1n) is 6.20. The minimum atomic E-state index is -1.28. The summed E-state index contributed by atoms with van der Waals surface area (Å²) in [6.45, 7) is 0. The molecule has 1 fully saturated rings. The predicted octanol–water partition coefficient (Wildman–Crippen LogP) is 1.80. The fourth-order valence-corrected chi connectivity index (χ4v) is 3.03. The van der Waals surface area contributed by atoms with Gasteiger partial charge in [-0.2, -0.15) is 0 Å². The Morgan fingerprint density at radius 1 is 1.27 bits per heavy atom. The molecule has 1 saturated heterocycles. The number of rotatable bonds is 3. The van der Waals surface area contributed by atoms with E-state index in [1.165, 1.54) is 6.07 Å². The van der Waals surface area contributed by atoms with Crippen LogP contribution in [0.15, 0.2) is 45.7 Å². The molecule has 0 unspecified atom stereocenters. The van der Waals surface area contributed by atoms with Crippen LogP contribution in [-0.2, 0) is 4.79 Å². The highest BCUT2D eigenvalue weighted by Gasteiger charge is 2.22. The molecular formula is C15H8NO4S2-. The molecule has 2 heterocycles. The monoisotopic (exact) mass is 330 g/mol. The number of amides is 1. The van der Waals surface area contributed by atoms with Crippen molar-refractivity contribution in [1.29, 1.82) is 0 Å². The predicted molar refractivity (Wildman–Crippen MR) is 84.8 cm³/mol. The lowest BCUT2D eigenvalue weighted by atomic mass is 10.1.